The Bertz CT molecular complexity index is 610. The Labute approximate surface area is 144 Å². The Hall–Kier alpha value is -1.39. The van der Waals surface area contributed by atoms with E-state index in [1.807, 2.05) is 37.3 Å². The molecule has 0 aliphatic carbocycles. The Balaban J connectivity index is 0.00000192. The molecule has 124 valence electrons. The third-order valence-electron chi connectivity index (χ3n) is 4.27. The molecule has 1 fully saturated rings. The fraction of sp³-hybridized carbons (Fsp3) is 0.368. The first-order valence-electron chi connectivity index (χ1n) is 7.85. The highest BCUT2D eigenvalue weighted by Gasteiger charge is 2.34. The quantitative estimate of drug-likeness (QED) is 0.903. The van der Waals surface area contributed by atoms with Crippen LogP contribution in [-0.4, -0.2) is 36.5 Å². The van der Waals surface area contributed by atoms with Crippen LogP contribution < -0.4 is 5.32 Å². The van der Waals surface area contributed by atoms with Gasteiger partial charge in [0.25, 0.3) is 0 Å². The van der Waals surface area contributed by atoms with Crippen molar-refractivity contribution in [1.29, 1.82) is 0 Å². The molecule has 2 N–H and O–H groups in total. The van der Waals surface area contributed by atoms with Crippen LogP contribution in [0.1, 0.15) is 12.5 Å². The summed E-state index contributed by atoms with van der Waals surface area (Å²) >= 11 is 0. The lowest BCUT2D eigenvalue weighted by Crippen LogP contribution is -2.52. The summed E-state index contributed by atoms with van der Waals surface area (Å²) < 4.78 is 5.75. The van der Waals surface area contributed by atoms with Gasteiger partial charge in [0.1, 0.15) is 0 Å². The van der Waals surface area contributed by atoms with Crippen molar-refractivity contribution in [2.45, 2.75) is 25.0 Å². The van der Waals surface area contributed by atoms with E-state index in [-0.39, 0.29) is 18.5 Å². The predicted octanol–water partition coefficient (Wildman–Crippen LogP) is 3.06. The molecule has 0 amide bonds. The highest BCUT2D eigenvalue weighted by molar-refractivity contribution is 5.85. The monoisotopic (exact) mass is 333 g/mol. The summed E-state index contributed by atoms with van der Waals surface area (Å²) in [5.41, 5.74) is 2.61. The molecule has 2 aromatic rings. The zero-order chi connectivity index (χ0) is 15.4. The Morgan fingerprint density at radius 3 is 2.52 bits per heavy atom. The molecule has 1 aliphatic rings. The summed E-state index contributed by atoms with van der Waals surface area (Å²) in [5.74, 6) is 0. The summed E-state index contributed by atoms with van der Waals surface area (Å²) in [7, 11) is 0. The first-order valence-corrected chi connectivity index (χ1v) is 7.85. The second-order valence-corrected chi connectivity index (χ2v) is 6.12. The lowest BCUT2D eigenvalue weighted by atomic mass is 9.86. The van der Waals surface area contributed by atoms with Crippen molar-refractivity contribution in [1.82, 2.24) is 5.32 Å². The van der Waals surface area contributed by atoms with E-state index < -0.39 is 5.60 Å². The maximum absolute atomic E-state index is 10.9. The molecule has 2 unspecified atom stereocenters. The molecule has 23 heavy (non-hydrogen) atoms. The first kappa shape index (κ1) is 18.0. The minimum Gasteiger partial charge on any atom is -0.387 e. The van der Waals surface area contributed by atoms with E-state index in [0.717, 1.165) is 12.1 Å². The number of halogens is 1. The minimum absolute atomic E-state index is 0. The maximum Gasteiger partial charge on any atom is 0.0987 e. The van der Waals surface area contributed by atoms with Crippen molar-refractivity contribution in [2.24, 2.45) is 0 Å². The fourth-order valence-corrected chi connectivity index (χ4v) is 3.04. The lowest BCUT2D eigenvalue weighted by molar-refractivity contribution is -0.108. The number of hydrogen-bond donors (Lipinski definition) is 2. The van der Waals surface area contributed by atoms with Crippen LogP contribution >= 0.6 is 12.4 Å². The molecule has 0 saturated carbocycles. The van der Waals surface area contributed by atoms with Crippen molar-refractivity contribution in [3.8, 4) is 11.1 Å². The van der Waals surface area contributed by atoms with Crippen molar-refractivity contribution in [2.75, 3.05) is 19.7 Å². The largest absolute Gasteiger partial charge is 0.387 e. The number of ether oxygens (including phenoxy) is 1. The van der Waals surface area contributed by atoms with Crippen LogP contribution in [0.3, 0.4) is 0 Å². The summed E-state index contributed by atoms with van der Waals surface area (Å²) in [6, 6.07) is 18.6. The molecule has 0 spiro atoms. The topological polar surface area (TPSA) is 41.5 Å². The number of morpholine rings is 1. The van der Waals surface area contributed by atoms with Crippen molar-refractivity contribution in [3.63, 3.8) is 0 Å². The molecule has 0 bridgehead atoms. The van der Waals surface area contributed by atoms with E-state index in [1.165, 1.54) is 11.1 Å². The third kappa shape index (κ3) is 4.33. The molecule has 1 aliphatic heterocycles. The van der Waals surface area contributed by atoms with Crippen molar-refractivity contribution >= 4 is 12.4 Å². The van der Waals surface area contributed by atoms with E-state index >= 15 is 0 Å². The van der Waals surface area contributed by atoms with Crippen LogP contribution in [0.2, 0.25) is 0 Å². The molecule has 1 heterocycles. The fourth-order valence-electron chi connectivity index (χ4n) is 3.04. The zero-order valence-corrected chi connectivity index (χ0v) is 14.2. The number of aliphatic hydroxyl groups is 1. The molecule has 2 aromatic carbocycles. The van der Waals surface area contributed by atoms with E-state index in [4.69, 9.17) is 4.74 Å². The Kier molecular flexibility index (Phi) is 6.19. The van der Waals surface area contributed by atoms with Gasteiger partial charge in [-0.25, -0.2) is 0 Å². The standard InChI is InChI=1S/C19H23NO2.ClH/c1-19(21,18-14-20-11-12-22-18)13-16-9-5-6-10-17(16)15-7-3-2-4-8-15;/h2-10,18,20-21H,11-14H2,1H3;1H. The van der Waals surface area contributed by atoms with Gasteiger partial charge in [-0.05, 0) is 23.6 Å². The van der Waals surface area contributed by atoms with Gasteiger partial charge < -0.3 is 15.2 Å². The molecular weight excluding hydrogens is 310 g/mol. The van der Waals surface area contributed by atoms with Gasteiger partial charge in [-0.3, -0.25) is 0 Å². The van der Waals surface area contributed by atoms with E-state index in [1.54, 1.807) is 0 Å². The summed E-state index contributed by atoms with van der Waals surface area (Å²) in [5, 5.41) is 14.2. The van der Waals surface area contributed by atoms with Crippen LogP contribution in [0.4, 0.5) is 0 Å². The molecule has 0 aromatic heterocycles. The van der Waals surface area contributed by atoms with Crippen LogP contribution in [0.5, 0.6) is 0 Å². The van der Waals surface area contributed by atoms with Crippen molar-refractivity contribution < 1.29 is 9.84 Å². The smallest absolute Gasteiger partial charge is 0.0987 e. The first-order chi connectivity index (χ1) is 10.7. The van der Waals surface area contributed by atoms with Gasteiger partial charge in [0.05, 0.1) is 18.3 Å². The van der Waals surface area contributed by atoms with Gasteiger partial charge in [-0.2, -0.15) is 0 Å². The third-order valence-corrected chi connectivity index (χ3v) is 4.27. The normalized spacial score (nSPS) is 20.3. The van der Waals surface area contributed by atoms with Crippen LogP contribution in [0, 0.1) is 0 Å². The van der Waals surface area contributed by atoms with E-state index in [9.17, 15) is 5.11 Å². The number of hydrogen-bond acceptors (Lipinski definition) is 3. The maximum atomic E-state index is 10.9. The number of rotatable bonds is 4. The highest BCUT2D eigenvalue weighted by atomic mass is 35.5. The van der Waals surface area contributed by atoms with Gasteiger partial charge in [-0.1, -0.05) is 54.6 Å². The molecular formula is C19H24ClNO2. The second-order valence-electron chi connectivity index (χ2n) is 6.12. The van der Waals surface area contributed by atoms with E-state index in [0.29, 0.717) is 19.6 Å². The number of nitrogens with one attached hydrogen (secondary N) is 1. The summed E-state index contributed by atoms with van der Waals surface area (Å²) in [4.78, 5) is 0. The van der Waals surface area contributed by atoms with Gasteiger partial charge in [0.2, 0.25) is 0 Å². The zero-order valence-electron chi connectivity index (χ0n) is 13.4. The Morgan fingerprint density at radius 2 is 1.83 bits per heavy atom. The average Bonchev–Trinajstić information content (AvgIpc) is 2.57. The second kappa shape index (κ2) is 7.93. The van der Waals surface area contributed by atoms with Crippen LogP contribution in [-0.2, 0) is 11.2 Å². The van der Waals surface area contributed by atoms with Crippen molar-refractivity contribution in [3.05, 3.63) is 60.2 Å². The van der Waals surface area contributed by atoms with Crippen LogP contribution in [0.15, 0.2) is 54.6 Å². The molecule has 1 saturated heterocycles. The molecule has 4 heteroatoms. The van der Waals surface area contributed by atoms with Gasteiger partial charge >= 0.3 is 0 Å². The summed E-state index contributed by atoms with van der Waals surface area (Å²) in [6.07, 6.45) is 0.398. The predicted molar refractivity (Wildman–Crippen MR) is 96.1 cm³/mol. The van der Waals surface area contributed by atoms with Crippen LogP contribution in [0.25, 0.3) is 11.1 Å². The lowest BCUT2D eigenvalue weighted by Gasteiger charge is -2.36. The van der Waals surface area contributed by atoms with E-state index in [2.05, 4.69) is 29.6 Å². The minimum atomic E-state index is -0.891. The number of benzene rings is 2. The Morgan fingerprint density at radius 1 is 1.13 bits per heavy atom. The molecule has 0 radical (unpaired) electrons. The average molecular weight is 334 g/mol. The molecule has 3 nitrogen and oxygen atoms in total. The molecule has 3 rings (SSSR count). The molecule has 2 atom stereocenters. The van der Waals surface area contributed by atoms with Gasteiger partial charge in [0.15, 0.2) is 0 Å². The van der Waals surface area contributed by atoms with Gasteiger partial charge in [-0.15, -0.1) is 12.4 Å². The summed E-state index contributed by atoms with van der Waals surface area (Å²) in [6.45, 7) is 4.07. The van der Waals surface area contributed by atoms with Gasteiger partial charge in [0, 0.05) is 19.5 Å². The highest BCUT2D eigenvalue weighted by Crippen LogP contribution is 2.28. The SMILES string of the molecule is CC(O)(Cc1ccccc1-c1ccccc1)C1CNCCO1.Cl.